The van der Waals surface area contributed by atoms with Crippen LogP contribution in [0.5, 0.6) is 0 Å². The van der Waals surface area contributed by atoms with Gasteiger partial charge in [-0.25, -0.2) is 0 Å². The summed E-state index contributed by atoms with van der Waals surface area (Å²) in [5.74, 6) is 1.86. The maximum atomic E-state index is 12.7. The highest BCUT2D eigenvalue weighted by atomic mass is 32.2. The van der Waals surface area contributed by atoms with E-state index in [4.69, 9.17) is 0 Å². The number of nitrogens with zero attached hydrogens (tertiary/aromatic N) is 3. The maximum Gasteiger partial charge on any atom is 0.237 e. The number of para-hydroxylation sites is 1. The molecule has 1 amide bonds. The Kier molecular flexibility index (Phi) is 5.81. The van der Waals surface area contributed by atoms with Crippen molar-refractivity contribution in [2.24, 2.45) is 0 Å². The van der Waals surface area contributed by atoms with Gasteiger partial charge in [-0.2, -0.15) is 0 Å². The third-order valence-corrected chi connectivity index (χ3v) is 5.57. The molecule has 0 radical (unpaired) electrons. The van der Waals surface area contributed by atoms with E-state index in [2.05, 4.69) is 46.6 Å². The van der Waals surface area contributed by atoms with E-state index in [1.807, 2.05) is 31.2 Å². The van der Waals surface area contributed by atoms with Crippen LogP contribution in [0.15, 0.2) is 42.1 Å². The number of thioether (sulfide) groups is 1. The average Bonchev–Trinajstić information content (AvgIpc) is 3.39. The lowest BCUT2D eigenvalue weighted by Gasteiger charge is -2.16. The van der Waals surface area contributed by atoms with Crippen molar-refractivity contribution < 1.29 is 4.79 Å². The zero-order valence-electron chi connectivity index (χ0n) is 15.6. The van der Waals surface area contributed by atoms with Crippen molar-refractivity contribution in [2.45, 2.75) is 62.4 Å². The SMILES string of the molecule is C=CCn1c(SC(C)C(=O)Nc2ccccc2C(C)C)nnc1C1CC1. The number of allylic oxidation sites excluding steroid dienone is 1. The number of carbonyl (C=O) groups excluding carboxylic acids is 1. The Bertz CT molecular complexity index is 795. The first-order valence-electron chi connectivity index (χ1n) is 9.11. The Labute approximate surface area is 159 Å². The highest BCUT2D eigenvalue weighted by molar-refractivity contribution is 8.00. The molecule has 1 atom stereocenters. The summed E-state index contributed by atoms with van der Waals surface area (Å²) in [7, 11) is 0. The Morgan fingerprint density at radius 3 is 2.73 bits per heavy atom. The molecular formula is C20H26N4OS. The number of hydrogen-bond acceptors (Lipinski definition) is 4. The van der Waals surface area contributed by atoms with Crippen LogP contribution in [-0.4, -0.2) is 25.9 Å². The van der Waals surface area contributed by atoms with E-state index in [1.165, 1.54) is 24.6 Å². The summed E-state index contributed by atoms with van der Waals surface area (Å²) >= 11 is 1.45. The van der Waals surface area contributed by atoms with Crippen molar-refractivity contribution >= 4 is 23.4 Å². The first kappa shape index (κ1) is 18.7. The van der Waals surface area contributed by atoms with Crippen LogP contribution in [0.3, 0.4) is 0 Å². The highest BCUT2D eigenvalue weighted by Gasteiger charge is 2.31. The van der Waals surface area contributed by atoms with E-state index in [0.717, 1.165) is 22.2 Å². The van der Waals surface area contributed by atoms with Crippen molar-refractivity contribution in [1.82, 2.24) is 14.8 Å². The van der Waals surface area contributed by atoms with E-state index in [1.54, 1.807) is 0 Å². The molecule has 1 aliphatic rings. The van der Waals surface area contributed by atoms with Crippen LogP contribution in [-0.2, 0) is 11.3 Å². The highest BCUT2D eigenvalue weighted by Crippen LogP contribution is 2.40. The lowest BCUT2D eigenvalue weighted by atomic mass is 10.0. The predicted octanol–water partition coefficient (Wildman–Crippen LogP) is 4.58. The molecule has 0 bridgehead atoms. The molecule has 1 heterocycles. The number of carbonyl (C=O) groups is 1. The van der Waals surface area contributed by atoms with Crippen molar-refractivity contribution in [2.75, 3.05) is 5.32 Å². The number of nitrogens with one attached hydrogen (secondary N) is 1. The van der Waals surface area contributed by atoms with E-state index >= 15 is 0 Å². The molecule has 1 aromatic heterocycles. The average molecular weight is 371 g/mol. The Hall–Kier alpha value is -2.08. The van der Waals surface area contributed by atoms with Crippen molar-refractivity contribution in [3.63, 3.8) is 0 Å². The molecule has 26 heavy (non-hydrogen) atoms. The number of rotatable bonds is 8. The molecular weight excluding hydrogens is 344 g/mol. The normalized spacial score (nSPS) is 15.1. The fourth-order valence-corrected chi connectivity index (χ4v) is 3.76. The summed E-state index contributed by atoms with van der Waals surface area (Å²) in [5.41, 5.74) is 2.02. The van der Waals surface area contributed by atoms with Gasteiger partial charge in [0.05, 0.1) is 5.25 Å². The van der Waals surface area contributed by atoms with Gasteiger partial charge in [-0.05, 0) is 37.3 Å². The predicted molar refractivity (Wildman–Crippen MR) is 107 cm³/mol. The summed E-state index contributed by atoms with van der Waals surface area (Å²) in [5, 5.41) is 12.2. The maximum absolute atomic E-state index is 12.7. The summed E-state index contributed by atoms with van der Waals surface area (Å²) in [6.07, 6.45) is 4.19. The molecule has 1 saturated carbocycles. The third-order valence-electron chi connectivity index (χ3n) is 4.49. The van der Waals surface area contributed by atoms with Gasteiger partial charge in [0.25, 0.3) is 0 Å². The minimum Gasteiger partial charge on any atom is -0.325 e. The lowest BCUT2D eigenvalue weighted by Crippen LogP contribution is -2.23. The summed E-state index contributed by atoms with van der Waals surface area (Å²) < 4.78 is 2.08. The minimum absolute atomic E-state index is 0.0239. The smallest absolute Gasteiger partial charge is 0.237 e. The van der Waals surface area contributed by atoms with E-state index in [-0.39, 0.29) is 11.2 Å². The van der Waals surface area contributed by atoms with Crippen LogP contribution in [0.1, 0.15) is 56.8 Å². The quantitative estimate of drug-likeness (QED) is 0.546. The number of benzene rings is 1. The second-order valence-corrected chi connectivity index (χ2v) is 8.31. The molecule has 1 fully saturated rings. The van der Waals surface area contributed by atoms with Gasteiger partial charge in [0.2, 0.25) is 5.91 Å². The number of anilines is 1. The first-order valence-corrected chi connectivity index (χ1v) is 9.99. The Morgan fingerprint density at radius 1 is 1.35 bits per heavy atom. The van der Waals surface area contributed by atoms with Gasteiger partial charge in [-0.1, -0.05) is 49.9 Å². The second-order valence-electron chi connectivity index (χ2n) is 7.01. The Balaban J connectivity index is 1.71. The van der Waals surface area contributed by atoms with E-state index in [0.29, 0.717) is 18.4 Å². The van der Waals surface area contributed by atoms with Crippen molar-refractivity contribution in [3.05, 3.63) is 48.3 Å². The largest absolute Gasteiger partial charge is 0.325 e. The van der Waals surface area contributed by atoms with Crippen molar-refractivity contribution in [3.8, 4) is 0 Å². The fourth-order valence-electron chi connectivity index (χ4n) is 2.89. The van der Waals surface area contributed by atoms with Gasteiger partial charge in [-0.3, -0.25) is 4.79 Å². The molecule has 0 aliphatic heterocycles. The minimum atomic E-state index is -0.268. The topological polar surface area (TPSA) is 59.8 Å². The fraction of sp³-hybridized carbons (Fsp3) is 0.450. The second kappa shape index (κ2) is 8.08. The molecule has 6 heteroatoms. The molecule has 0 saturated heterocycles. The van der Waals surface area contributed by atoms with Crippen LogP contribution in [0, 0.1) is 0 Å². The standard InChI is InChI=1S/C20H26N4OS/c1-5-12-24-18(15-10-11-15)22-23-20(24)26-14(4)19(25)21-17-9-7-6-8-16(17)13(2)3/h5-9,13-15H,1,10-12H2,2-4H3,(H,21,25). The van der Waals surface area contributed by atoms with E-state index < -0.39 is 0 Å². The van der Waals surface area contributed by atoms with Gasteiger partial charge >= 0.3 is 0 Å². The summed E-state index contributed by atoms with van der Waals surface area (Å²) in [6.45, 7) is 10.7. The van der Waals surface area contributed by atoms with E-state index in [9.17, 15) is 4.79 Å². The molecule has 3 rings (SSSR count). The van der Waals surface area contributed by atoms with Crippen LogP contribution >= 0.6 is 11.8 Å². The van der Waals surface area contributed by atoms with Crippen LogP contribution in [0.2, 0.25) is 0 Å². The van der Waals surface area contributed by atoms with Crippen molar-refractivity contribution in [1.29, 1.82) is 0 Å². The molecule has 138 valence electrons. The summed E-state index contributed by atoms with van der Waals surface area (Å²) in [4.78, 5) is 12.7. The molecule has 1 aromatic carbocycles. The molecule has 1 unspecified atom stereocenters. The zero-order valence-corrected chi connectivity index (χ0v) is 16.4. The van der Waals surface area contributed by atoms with Crippen LogP contribution < -0.4 is 5.32 Å². The van der Waals surface area contributed by atoms with Gasteiger partial charge in [-0.15, -0.1) is 16.8 Å². The molecule has 1 N–H and O–H groups in total. The molecule has 2 aromatic rings. The van der Waals surface area contributed by atoms with Crippen LogP contribution in [0.25, 0.3) is 0 Å². The van der Waals surface area contributed by atoms with Gasteiger partial charge in [0.1, 0.15) is 5.82 Å². The monoisotopic (exact) mass is 370 g/mol. The molecule has 0 spiro atoms. The van der Waals surface area contributed by atoms with Gasteiger partial charge in [0.15, 0.2) is 5.16 Å². The first-order chi connectivity index (χ1) is 12.5. The molecule has 5 nitrogen and oxygen atoms in total. The molecule has 1 aliphatic carbocycles. The zero-order chi connectivity index (χ0) is 18.7. The Morgan fingerprint density at radius 2 is 2.08 bits per heavy atom. The summed E-state index contributed by atoms with van der Waals surface area (Å²) in [6, 6.07) is 7.96. The van der Waals surface area contributed by atoms with Crippen LogP contribution in [0.4, 0.5) is 5.69 Å². The third kappa shape index (κ3) is 4.18. The van der Waals surface area contributed by atoms with Gasteiger partial charge < -0.3 is 9.88 Å². The van der Waals surface area contributed by atoms with Gasteiger partial charge in [0, 0.05) is 18.2 Å². The lowest BCUT2D eigenvalue weighted by molar-refractivity contribution is -0.115. The number of amides is 1. The number of hydrogen-bond donors (Lipinski definition) is 1. The number of aromatic nitrogens is 3.